The zero-order chi connectivity index (χ0) is 6.41. The molecule has 0 aromatic heterocycles. The molecule has 0 spiro atoms. The van der Waals surface area contributed by atoms with Crippen molar-refractivity contribution in [3.8, 4) is 0 Å². The van der Waals surface area contributed by atoms with Crippen LogP contribution in [0, 0.1) is 0 Å². The summed E-state index contributed by atoms with van der Waals surface area (Å²) in [6, 6.07) is 0. The predicted molar refractivity (Wildman–Crippen MR) is 41.5 cm³/mol. The number of allylic oxidation sites excluding steroid dienone is 1. The zero-order valence-corrected chi connectivity index (χ0v) is 6.77. The summed E-state index contributed by atoms with van der Waals surface area (Å²) in [6.45, 7) is 3.97. The second-order valence-corrected chi connectivity index (χ2v) is 2.13. The van der Waals surface area contributed by atoms with E-state index in [2.05, 4.69) is 27.8 Å². The molecule has 0 aliphatic heterocycles. The van der Waals surface area contributed by atoms with Gasteiger partial charge in [0.2, 0.25) is 0 Å². The molecule has 0 aromatic rings. The van der Waals surface area contributed by atoms with Crippen molar-refractivity contribution in [1.29, 1.82) is 0 Å². The Kier molecular flexibility index (Phi) is 4.97. The Bertz CT molecular complexity index is 105. The molecule has 1 nitrogen and oxygen atoms in total. The van der Waals surface area contributed by atoms with Crippen LogP contribution in [-0.2, 0) is 0 Å². The van der Waals surface area contributed by atoms with Crippen molar-refractivity contribution in [1.82, 2.24) is 0 Å². The lowest BCUT2D eigenvalue weighted by atomic mass is 10.5. The third kappa shape index (κ3) is 4.06. The van der Waals surface area contributed by atoms with E-state index in [4.69, 9.17) is 0 Å². The van der Waals surface area contributed by atoms with Crippen LogP contribution in [0.4, 0.5) is 0 Å². The number of nitrogens with zero attached hydrogens (tertiary/aromatic N) is 1. The Morgan fingerprint density at radius 2 is 2.38 bits per heavy atom. The Labute approximate surface area is 58.6 Å². The Hall–Kier alpha value is -0.110. The summed E-state index contributed by atoms with van der Waals surface area (Å²) in [4.78, 5) is 3.97. The van der Waals surface area contributed by atoms with Crippen molar-refractivity contribution in [2.75, 3.05) is 0 Å². The van der Waals surface area contributed by atoms with E-state index in [-0.39, 0.29) is 0 Å². The highest BCUT2D eigenvalue weighted by atomic mass is 79.9. The van der Waals surface area contributed by atoms with Gasteiger partial charge >= 0.3 is 0 Å². The molecule has 0 aliphatic carbocycles. The van der Waals surface area contributed by atoms with Crippen LogP contribution < -0.4 is 0 Å². The number of halogens is 1. The van der Waals surface area contributed by atoms with Crippen LogP contribution in [-0.4, -0.2) is 6.21 Å². The van der Waals surface area contributed by atoms with Crippen molar-refractivity contribution in [3.05, 3.63) is 10.7 Å². The highest BCUT2D eigenvalue weighted by Gasteiger charge is 1.77. The van der Waals surface area contributed by atoms with Gasteiger partial charge in [-0.25, -0.2) is 0 Å². The monoisotopic (exact) mass is 175 g/mol. The van der Waals surface area contributed by atoms with E-state index in [0.717, 1.165) is 11.0 Å². The summed E-state index contributed by atoms with van der Waals surface area (Å²) in [7, 11) is 0. The first-order valence-corrected chi connectivity index (χ1v) is 3.45. The minimum Gasteiger partial charge on any atom is -0.254 e. The van der Waals surface area contributed by atoms with Crippen molar-refractivity contribution in [2.45, 2.75) is 20.3 Å². The molecule has 0 heterocycles. The summed E-state index contributed by atoms with van der Waals surface area (Å²) in [5.41, 5.74) is 0. The largest absolute Gasteiger partial charge is 0.254 e. The maximum absolute atomic E-state index is 3.97. The van der Waals surface area contributed by atoms with Gasteiger partial charge in [-0.15, -0.1) is 0 Å². The zero-order valence-electron chi connectivity index (χ0n) is 5.19. The summed E-state index contributed by atoms with van der Waals surface area (Å²) < 4.78 is 0.919. The smallest absolute Gasteiger partial charge is 0.101 e. The third-order valence-corrected chi connectivity index (χ3v) is 1.15. The van der Waals surface area contributed by atoms with Gasteiger partial charge in [0.15, 0.2) is 0 Å². The Balaban J connectivity index is 3.61. The number of hydrogen-bond donors (Lipinski definition) is 0. The summed E-state index contributed by atoms with van der Waals surface area (Å²) in [5.74, 6) is 0. The van der Waals surface area contributed by atoms with Gasteiger partial charge in [-0.3, -0.25) is 4.99 Å². The molecule has 0 radical (unpaired) electrons. The average molecular weight is 176 g/mol. The topological polar surface area (TPSA) is 12.4 Å². The van der Waals surface area contributed by atoms with Crippen LogP contribution in [0.3, 0.4) is 0 Å². The molecule has 0 fully saturated rings. The van der Waals surface area contributed by atoms with Gasteiger partial charge in [0.1, 0.15) is 4.61 Å². The molecular weight excluding hydrogens is 166 g/mol. The standard InChI is InChI=1S/C6H10BrN/c1-3-5-6(7)8-4-2/h4-5H,3H2,1-2H3/b6-5-,8-4-. The minimum atomic E-state index is 0.919. The number of aliphatic imine (C=N–C) groups is 1. The Morgan fingerprint density at radius 3 is 2.75 bits per heavy atom. The van der Waals surface area contributed by atoms with E-state index in [1.165, 1.54) is 0 Å². The molecular formula is C6H10BrN. The van der Waals surface area contributed by atoms with E-state index in [1.807, 2.05) is 13.0 Å². The highest BCUT2D eigenvalue weighted by Crippen LogP contribution is 2.05. The van der Waals surface area contributed by atoms with Gasteiger partial charge in [-0.05, 0) is 29.3 Å². The molecule has 46 valence electrons. The van der Waals surface area contributed by atoms with Crippen molar-refractivity contribution >= 4 is 22.1 Å². The lowest BCUT2D eigenvalue weighted by molar-refractivity contribution is 1.21. The molecule has 0 N–H and O–H groups in total. The van der Waals surface area contributed by atoms with Crippen LogP contribution in [0.5, 0.6) is 0 Å². The maximum Gasteiger partial charge on any atom is 0.101 e. The lowest BCUT2D eigenvalue weighted by Gasteiger charge is -1.82. The molecule has 2 heteroatoms. The third-order valence-electron chi connectivity index (χ3n) is 0.625. The molecule has 0 saturated carbocycles. The molecule has 0 saturated heterocycles. The first-order chi connectivity index (χ1) is 3.81. The molecule has 0 bridgehead atoms. The fourth-order valence-corrected chi connectivity index (χ4v) is 0.873. The fourth-order valence-electron chi connectivity index (χ4n) is 0.344. The fraction of sp³-hybridized carbons (Fsp3) is 0.500. The van der Waals surface area contributed by atoms with Crippen molar-refractivity contribution < 1.29 is 0 Å². The molecule has 0 amide bonds. The minimum absolute atomic E-state index is 0.919. The molecule has 0 rings (SSSR count). The van der Waals surface area contributed by atoms with Crippen LogP contribution in [0.2, 0.25) is 0 Å². The molecule has 8 heavy (non-hydrogen) atoms. The van der Waals surface area contributed by atoms with Gasteiger partial charge in [0.25, 0.3) is 0 Å². The summed E-state index contributed by atoms with van der Waals surface area (Å²) in [6.07, 6.45) is 4.80. The van der Waals surface area contributed by atoms with Crippen LogP contribution >= 0.6 is 15.9 Å². The van der Waals surface area contributed by atoms with Crippen molar-refractivity contribution in [2.24, 2.45) is 4.99 Å². The molecule has 0 aromatic carbocycles. The summed E-state index contributed by atoms with van der Waals surface area (Å²) in [5, 5.41) is 0. The van der Waals surface area contributed by atoms with E-state index in [1.54, 1.807) is 6.21 Å². The van der Waals surface area contributed by atoms with Gasteiger partial charge in [0, 0.05) is 6.21 Å². The highest BCUT2D eigenvalue weighted by molar-refractivity contribution is 9.11. The predicted octanol–water partition coefficient (Wildman–Crippen LogP) is 2.72. The van der Waals surface area contributed by atoms with Crippen LogP contribution in [0.1, 0.15) is 20.3 Å². The SMILES string of the molecule is C/C=N\C(Br)=C/CC. The van der Waals surface area contributed by atoms with E-state index in [0.29, 0.717) is 0 Å². The first-order valence-electron chi connectivity index (χ1n) is 2.65. The number of hydrogen-bond acceptors (Lipinski definition) is 1. The summed E-state index contributed by atoms with van der Waals surface area (Å²) >= 11 is 3.26. The lowest BCUT2D eigenvalue weighted by Crippen LogP contribution is -1.63. The second kappa shape index (κ2) is 5.04. The quantitative estimate of drug-likeness (QED) is 0.453. The van der Waals surface area contributed by atoms with Crippen LogP contribution in [0.25, 0.3) is 0 Å². The average Bonchev–Trinajstić information content (AvgIpc) is 1.68. The van der Waals surface area contributed by atoms with Gasteiger partial charge in [-0.2, -0.15) is 0 Å². The molecule has 0 aliphatic rings. The molecule has 0 unspecified atom stereocenters. The van der Waals surface area contributed by atoms with Gasteiger partial charge in [-0.1, -0.05) is 13.0 Å². The maximum atomic E-state index is 3.97. The van der Waals surface area contributed by atoms with Gasteiger partial charge in [0.05, 0.1) is 0 Å². The molecule has 0 atom stereocenters. The van der Waals surface area contributed by atoms with E-state index in [9.17, 15) is 0 Å². The van der Waals surface area contributed by atoms with E-state index >= 15 is 0 Å². The number of rotatable bonds is 2. The van der Waals surface area contributed by atoms with Gasteiger partial charge < -0.3 is 0 Å². The van der Waals surface area contributed by atoms with Crippen molar-refractivity contribution in [3.63, 3.8) is 0 Å². The van der Waals surface area contributed by atoms with E-state index < -0.39 is 0 Å². The second-order valence-electron chi connectivity index (χ2n) is 1.32. The Morgan fingerprint density at radius 1 is 1.75 bits per heavy atom. The van der Waals surface area contributed by atoms with Crippen LogP contribution in [0.15, 0.2) is 15.7 Å². The normalized spacial score (nSPS) is 13.1. The first kappa shape index (κ1) is 7.89.